The highest BCUT2D eigenvalue weighted by Crippen LogP contribution is 2.23. The Hall–Kier alpha value is -2.11. The average molecular weight is 321 g/mol. The number of hydrogen-bond donors (Lipinski definition) is 1. The van der Waals surface area contributed by atoms with Crippen LogP contribution in [0.25, 0.3) is 0 Å². The number of aromatic nitrogens is 1. The molecule has 6 nitrogen and oxygen atoms in total. The first-order valence-electron chi connectivity index (χ1n) is 7.95. The molecule has 1 fully saturated rings. The number of Topliss-reactive ketones (excluding diaryl/α,β-unsaturated/α-hetero) is 1. The molecule has 23 heavy (non-hydrogen) atoms. The first-order chi connectivity index (χ1) is 10.8. The van der Waals surface area contributed by atoms with E-state index in [1.807, 2.05) is 0 Å². The van der Waals surface area contributed by atoms with Crippen molar-refractivity contribution in [3.63, 3.8) is 0 Å². The van der Waals surface area contributed by atoms with Crippen LogP contribution in [0.15, 0.2) is 0 Å². The fraction of sp³-hybridized carbons (Fsp3) is 0.588. The van der Waals surface area contributed by atoms with Crippen molar-refractivity contribution >= 4 is 17.7 Å². The number of ketones is 1. The molecule has 0 radical (unpaired) electrons. The van der Waals surface area contributed by atoms with Gasteiger partial charge in [0.05, 0.1) is 11.7 Å². The first kappa shape index (κ1) is 17.2. The van der Waals surface area contributed by atoms with Crippen molar-refractivity contribution in [3.05, 3.63) is 22.5 Å². The summed E-state index contributed by atoms with van der Waals surface area (Å²) in [5.41, 5.74) is 1.59. The Morgan fingerprint density at radius 3 is 2.48 bits per heavy atom. The Kier molecular flexibility index (Phi) is 5.23. The summed E-state index contributed by atoms with van der Waals surface area (Å²) in [6.45, 7) is 6.89. The van der Waals surface area contributed by atoms with Crippen LogP contribution < -0.4 is 0 Å². The Morgan fingerprint density at radius 1 is 1.17 bits per heavy atom. The van der Waals surface area contributed by atoms with E-state index < -0.39 is 18.0 Å². The third-order valence-corrected chi connectivity index (χ3v) is 3.94. The smallest absolute Gasteiger partial charge is 0.355 e. The molecule has 1 aromatic heterocycles. The third-order valence-electron chi connectivity index (χ3n) is 3.94. The van der Waals surface area contributed by atoms with Crippen molar-refractivity contribution < 1.29 is 23.9 Å². The number of aromatic amines is 1. The predicted octanol–water partition coefficient (Wildman–Crippen LogP) is 2.87. The summed E-state index contributed by atoms with van der Waals surface area (Å²) >= 11 is 0. The predicted molar refractivity (Wildman–Crippen MR) is 83.5 cm³/mol. The van der Waals surface area contributed by atoms with Crippen LogP contribution in [-0.2, 0) is 14.3 Å². The number of nitrogens with one attached hydrogen (secondary N) is 1. The van der Waals surface area contributed by atoms with E-state index in [-0.39, 0.29) is 17.6 Å². The summed E-state index contributed by atoms with van der Waals surface area (Å²) in [6.07, 6.45) is 1.81. The Bertz CT molecular complexity index is 629. The first-order valence-corrected chi connectivity index (χ1v) is 7.95. The molecule has 0 spiro atoms. The van der Waals surface area contributed by atoms with E-state index >= 15 is 0 Å². The number of ether oxygens (including phenoxy) is 2. The van der Waals surface area contributed by atoms with Gasteiger partial charge in [-0.05, 0) is 52.5 Å². The van der Waals surface area contributed by atoms with Crippen molar-refractivity contribution in [3.8, 4) is 0 Å². The highest BCUT2D eigenvalue weighted by molar-refractivity contribution is 5.99. The van der Waals surface area contributed by atoms with Gasteiger partial charge in [-0.2, -0.15) is 0 Å². The zero-order valence-electron chi connectivity index (χ0n) is 14.0. The third kappa shape index (κ3) is 3.81. The van der Waals surface area contributed by atoms with E-state index in [0.29, 0.717) is 29.7 Å². The monoisotopic (exact) mass is 321 g/mol. The van der Waals surface area contributed by atoms with Crippen molar-refractivity contribution in [1.82, 2.24) is 4.98 Å². The van der Waals surface area contributed by atoms with Gasteiger partial charge in [-0.15, -0.1) is 0 Å². The van der Waals surface area contributed by atoms with Gasteiger partial charge in [0.25, 0.3) is 0 Å². The number of esters is 2. The second-order valence-corrected chi connectivity index (χ2v) is 6.19. The van der Waals surface area contributed by atoms with Gasteiger partial charge in [0.2, 0.25) is 0 Å². The van der Waals surface area contributed by atoms with E-state index in [4.69, 9.17) is 9.47 Å². The lowest BCUT2D eigenvalue weighted by atomic mass is 9.96. The molecule has 0 amide bonds. The maximum absolute atomic E-state index is 12.3. The molecule has 126 valence electrons. The summed E-state index contributed by atoms with van der Waals surface area (Å²) in [4.78, 5) is 39.1. The molecular weight excluding hydrogens is 298 g/mol. The maximum atomic E-state index is 12.3. The molecule has 0 unspecified atom stereocenters. The standard InChI is InChI=1S/C17H23NO5/c1-9(2)22-16(20)14-10(3)15(18-11(14)4)17(21)23-13-8-6-5-7-12(13)19/h9,13,18H,5-8H2,1-4H3/t13-/m1/s1. The van der Waals surface area contributed by atoms with Crippen LogP contribution in [0, 0.1) is 13.8 Å². The average Bonchev–Trinajstić information content (AvgIpc) is 2.75. The van der Waals surface area contributed by atoms with E-state index in [2.05, 4.69) is 4.98 Å². The summed E-state index contributed by atoms with van der Waals surface area (Å²) < 4.78 is 10.5. The number of carbonyl (C=O) groups excluding carboxylic acids is 3. The normalized spacial score (nSPS) is 18.1. The molecule has 0 aromatic carbocycles. The minimum Gasteiger partial charge on any atom is -0.459 e. The number of rotatable bonds is 4. The molecule has 1 aliphatic rings. The lowest BCUT2D eigenvalue weighted by molar-refractivity contribution is -0.129. The second-order valence-electron chi connectivity index (χ2n) is 6.19. The summed E-state index contributed by atoms with van der Waals surface area (Å²) in [5, 5.41) is 0. The lowest BCUT2D eigenvalue weighted by Gasteiger charge is -2.20. The highest BCUT2D eigenvalue weighted by Gasteiger charge is 2.29. The van der Waals surface area contributed by atoms with Gasteiger partial charge in [-0.1, -0.05) is 0 Å². The van der Waals surface area contributed by atoms with Crippen LogP contribution in [0.4, 0.5) is 0 Å². The van der Waals surface area contributed by atoms with Crippen molar-refractivity contribution in [2.75, 3.05) is 0 Å². The molecule has 1 N–H and O–H groups in total. The zero-order chi connectivity index (χ0) is 17.1. The van der Waals surface area contributed by atoms with Crippen molar-refractivity contribution in [2.24, 2.45) is 0 Å². The topological polar surface area (TPSA) is 85.5 Å². The molecule has 1 aliphatic carbocycles. The van der Waals surface area contributed by atoms with Crippen molar-refractivity contribution in [1.29, 1.82) is 0 Å². The Balaban J connectivity index is 2.18. The minimum absolute atomic E-state index is 0.0371. The number of H-pyrrole nitrogens is 1. The molecule has 6 heteroatoms. The SMILES string of the molecule is Cc1[nH]c(C(=O)O[C@@H]2CCCCC2=O)c(C)c1C(=O)OC(C)C. The molecule has 0 aliphatic heterocycles. The molecular formula is C17H23NO5. The van der Waals surface area contributed by atoms with E-state index in [1.54, 1.807) is 27.7 Å². The molecule has 1 aromatic rings. The van der Waals surface area contributed by atoms with Crippen LogP contribution in [0.1, 0.15) is 71.6 Å². The van der Waals surface area contributed by atoms with Crippen LogP contribution in [0.2, 0.25) is 0 Å². The lowest BCUT2D eigenvalue weighted by Crippen LogP contribution is -2.30. The highest BCUT2D eigenvalue weighted by atomic mass is 16.5. The van der Waals surface area contributed by atoms with Gasteiger partial charge in [0.1, 0.15) is 5.69 Å². The quantitative estimate of drug-likeness (QED) is 0.862. The Morgan fingerprint density at radius 2 is 1.87 bits per heavy atom. The molecule has 1 atom stereocenters. The van der Waals surface area contributed by atoms with E-state index in [9.17, 15) is 14.4 Å². The van der Waals surface area contributed by atoms with E-state index in [1.165, 1.54) is 0 Å². The van der Waals surface area contributed by atoms with Crippen LogP contribution >= 0.6 is 0 Å². The second kappa shape index (κ2) is 6.98. The fourth-order valence-electron chi connectivity index (χ4n) is 2.80. The Labute approximate surface area is 135 Å². The van der Waals surface area contributed by atoms with Gasteiger partial charge >= 0.3 is 11.9 Å². The number of aryl methyl sites for hydroxylation is 1. The number of hydrogen-bond acceptors (Lipinski definition) is 5. The van der Waals surface area contributed by atoms with Gasteiger partial charge in [0.15, 0.2) is 11.9 Å². The minimum atomic E-state index is -0.676. The molecule has 0 bridgehead atoms. The molecule has 0 saturated heterocycles. The molecule has 2 rings (SSSR count). The van der Waals surface area contributed by atoms with Gasteiger partial charge in [0, 0.05) is 12.1 Å². The molecule has 1 heterocycles. The van der Waals surface area contributed by atoms with E-state index in [0.717, 1.165) is 12.8 Å². The zero-order valence-corrected chi connectivity index (χ0v) is 14.0. The summed E-state index contributed by atoms with van der Waals surface area (Å²) in [6, 6.07) is 0. The molecule has 1 saturated carbocycles. The van der Waals surface area contributed by atoms with Gasteiger partial charge in [-0.25, -0.2) is 9.59 Å². The fourth-order valence-corrected chi connectivity index (χ4v) is 2.80. The maximum Gasteiger partial charge on any atom is 0.355 e. The van der Waals surface area contributed by atoms with Crippen molar-refractivity contribution in [2.45, 2.75) is 65.6 Å². The largest absolute Gasteiger partial charge is 0.459 e. The van der Waals surface area contributed by atoms with Crippen LogP contribution in [0.5, 0.6) is 0 Å². The summed E-state index contributed by atoms with van der Waals surface area (Å²) in [5.74, 6) is -1.11. The number of carbonyl (C=O) groups is 3. The van der Waals surface area contributed by atoms with Crippen LogP contribution in [-0.4, -0.2) is 34.9 Å². The summed E-state index contributed by atoms with van der Waals surface area (Å²) in [7, 11) is 0. The van der Waals surface area contributed by atoms with Gasteiger partial charge in [-0.3, -0.25) is 4.79 Å². The van der Waals surface area contributed by atoms with Crippen LogP contribution in [0.3, 0.4) is 0 Å². The van der Waals surface area contributed by atoms with Gasteiger partial charge < -0.3 is 14.5 Å².